The highest BCUT2D eigenvalue weighted by Crippen LogP contribution is 2.30. The molecule has 0 aliphatic heterocycles. The summed E-state index contributed by atoms with van der Waals surface area (Å²) in [6, 6.07) is 7.03. The molecule has 0 amide bonds. The van der Waals surface area contributed by atoms with Crippen molar-refractivity contribution in [2.75, 3.05) is 0 Å². The van der Waals surface area contributed by atoms with Gasteiger partial charge in [-0.3, -0.25) is 0 Å². The molecule has 0 aliphatic rings. The first-order valence-electron chi connectivity index (χ1n) is 5.60. The van der Waals surface area contributed by atoms with Crippen LogP contribution in [-0.4, -0.2) is 11.3 Å². The lowest BCUT2D eigenvalue weighted by molar-refractivity contribution is -0.140. The highest BCUT2D eigenvalue weighted by Gasteiger charge is 2.29. The maximum Gasteiger partial charge on any atom is 0.389 e. The van der Waals surface area contributed by atoms with E-state index in [4.69, 9.17) is 4.42 Å². The number of benzene rings is 1. The third kappa shape index (κ3) is 3.04. The summed E-state index contributed by atoms with van der Waals surface area (Å²) in [5.41, 5.74) is 1.60. The van der Waals surface area contributed by atoms with E-state index in [0.717, 1.165) is 10.9 Å². The van der Waals surface area contributed by atoms with E-state index in [-0.39, 0.29) is 12.2 Å². The minimum Gasteiger partial charge on any atom is -0.458 e. The van der Waals surface area contributed by atoms with E-state index >= 15 is 0 Å². The summed E-state index contributed by atoms with van der Waals surface area (Å²) in [6.45, 7) is 1.91. The topological polar surface area (TPSA) is 33.4 Å². The van der Waals surface area contributed by atoms with Crippen LogP contribution in [0.1, 0.15) is 30.3 Å². The van der Waals surface area contributed by atoms with Crippen molar-refractivity contribution in [3.63, 3.8) is 0 Å². The Bertz CT molecular complexity index is 543. The van der Waals surface area contributed by atoms with Gasteiger partial charge in [0, 0.05) is 11.8 Å². The summed E-state index contributed by atoms with van der Waals surface area (Å²) in [7, 11) is 0. The monoisotopic (exact) mass is 258 g/mol. The fourth-order valence-electron chi connectivity index (χ4n) is 1.79. The smallest absolute Gasteiger partial charge is 0.389 e. The predicted octanol–water partition coefficient (Wildman–Crippen LogP) is 4.12. The van der Waals surface area contributed by atoms with Crippen LogP contribution in [0, 0.1) is 6.92 Å². The zero-order chi connectivity index (χ0) is 13.3. The first-order valence-corrected chi connectivity index (χ1v) is 5.60. The average molecular weight is 258 g/mol. The van der Waals surface area contributed by atoms with Gasteiger partial charge in [0.15, 0.2) is 0 Å². The molecule has 2 nitrogen and oxygen atoms in total. The van der Waals surface area contributed by atoms with Gasteiger partial charge in [-0.15, -0.1) is 0 Å². The lowest BCUT2D eigenvalue weighted by Crippen LogP contribution is -2.09. The number of halogens is 3. The number of hydrogen-bond acceptors (Lipinski definition) is 2. The van der Waals surface area contributed by atoms with E-state index in [2.05, 4.69) is 0 Å². The Balaban J connectivity index is 2.15. The van der Waals surface area contributed by atoms with Gasteiger partial charge < -0.3 is 9.52 Å². The molecule has 0 fully saturated rings. The standard InChI is InChI=1S/C13H13F3O2/c1-8-2-3-11-9(6-8)7-12(18-11)10(17)4-5-13(14,15)16/h2-3,6-7,10,17H,4-5H2,1H3. The number of fused-ring (bicyclic) bond motifs is 1. The number of rotatable bonds is 3. The molecule has 1 atom stereocenters. The van der Waals surface area contributed by atoms with Crippen LogP contribution < -0.4 is 0 Å². The fraction of sp³-hybridized carbons (Fsp3) is 0.385. The van der Waals surface area contributed by atoms with Gasteiger partial charge in [-0.25, -0.2) is 0 Å². The molecular weight excluding hydrogens is 245 g/mol. The van der Waals surface area contributed by atoms with E-state index in [0.29, 0.717) is 5.58 Å². The van der Waals surface area contributed by atoms with E-state index in [1.807, 2.05) is 19.1 Å². The van der Waals surface area contributed by atoms with Crippen LogP contribution in [0.25, 0.3) is 11.0 Å². The van der Waals surface area contributed by atoms with Crippen LogP contribution >= 0.6 is 0 Å². The van der Waals surface area contributed by atoms with Gasteiger partial charge in [0.25, 0.3) is 0 Å². The van der Waals surface area contributed by atoms with Crippen LogP contribution in [0.5, 0.6) is 0 Å². The van der Waals surface area contributed by atoms with E-state index in [1.54, 1.807) is 12.1 Å². The lowest BCUT2D eigenvalue weighted by Gasteiger charge is -2.09. The van der Waals surface area contributed by atoms with Crippen molar-refractivity contribution < 1.29 is 22.7 Å². The van der Waals surface area contributed by atoms with Crippen molar-refractivity contribution in [3.8, 4) is 0 Å². The molecular formula is C13H13F3O2. The van der Waals surface area contributed by atoms with Crippen LogP contribution in [-0.2, 0) is 0 Å². The second-order valence-electron chi connectivity index (χ2n) is 4.36. The van der Waals surface area contributed by atoms with Gasteiger partial charge >= 0.3 is 6.18 Å². The Kier molecular flexibility index (Phi) is 3.34. The lowest BCUT2D eigenvalue weighted by atomic mass is 10.1. The van der Waals surface area contributed by atoms with Crippen LogP contribution in [0.15, 0.2) is 28.7 Å². The molecule has 98 valence electrons. The van der Waals surface area contributed by atoms with E-state index < -0.39 is 18.7 Å². The molecule has 2 aromatic rings. The third-order valence-electron chi connectivity index (χ3n) is 2.72. The summed E-state index contributed by atoms with van der Waals surface area (Å²) < 4.78 is 41.5. The van der Waals surface area contributed by atoms with Gasteiger partial charge in [-0.05, 0) is 31.5 Å². The summed E-state index contributed by atoms with van der Waals surface area (Å²) in [5.74, 6) is 0.180. The molecule has 0 saturated heterocycles. The number of aliphatic hydroxyl groups excluding tert-OH is 1. The molecule has 0 spiro atoms. The number of hydrogen-bond donors (Lipinski definition) is 1. The third-order valence-corrected chi connectivity index (χ3v) is 2.72. The summed E-state index contributed by atoms with van der Waals surface area (Å²) >= 11 is 0. The summed E-state index contributed by atoms with van der Waals surface area (Å²) in [6.07, 6.45) is -6.89. The first kappa shape index (κ1) is 13.0. The molecule has 0 saturated carbocycles. The second-order valence-corrected chi connectivity index (χ2v) is 4.36. The second kappa shape index (κ2) is 4.65. The minimum absolute atomic E-state index is 0.180. The summed E-state index contributed by atoms with van der Waals surface area (Å²) in [5, 5.41) is 10.4. The predicted molar refractivity (Wildman–Crippen MR) is 61.2 cm³/mol. The van der Waals surface area contributed by atoms with Crippen molar-refractivity contribution in [2.45, 2.75) is 32.0 Å². The Morgan fingerprint density at radius 1 is 1.28 bits per heavy atom. The van der Waals surface area contributed by atoms with Crippen molar-refractivity contribution in [3.05, 3.63) is 35.6 Å². The number of alkyl halides is 3. The van der Waals surface area contributed by atoms with Crippen molar-refractivity contribution in [1.29, 1.82) is 0 Å². The van der Waals surface area contributed by atoms with Crippen LogP contribution in [0.4, 0.5) is 13.2 Å². The molecule has 18 heavy (non-hydrogen) atoms. The molecule has 0 aliphatic carbocycles. The van der Waals surface area contributed by atoms with Gasteiger partial charge in [0.05, 0.1) is 0 Å². The number of aryl methyl sites for hydroxylation is 1. The molecule has 5 heteroatoms. The Morgan fingerprint density at radius 3 is 2.67 bits per heavy atom. The van der Waals surface area contributed by atoms with E-state index in [1.165, 1.54) is 0 Å². The van der Waals surface area contributed by atoms with Crippen molar-refractivity contribution in [2.24, 2.45) is 0 Å². The van der Waals surface area contributed by atoms with Crippen LogP contribution in [0.3, 0.4) is 0 Å². The Morgan fingerprint density at radius 2 is 2.00 bits per heavy atom. The Hall–Kier alpha value is -1.49. The van der Waals surface area contributed by atoms with Gasteiger partial charge in [-0.1, -0.05) is 11.6 Å². The minimum atomic E-state index is -4.26. The maximum absolute atomic E-state index is 12.0. The highest BCUT2D eigenvalue weighted by molar-refractivity contribution is 5.78. The molecule has 1 heterocycles. The maximum atomic E-state index is 12.0. The van der Waals surface area contributed by atoms with Crippen molar-refractivity contribution in [1.82, 2.24) is 0 Å². The quantitative estimate of drug-likeness (QED) is 0.898. The van der Waals surface area contributed by atoms with Gasteiger partial charge in [0.1, 0.15) is 17.4 Å². The molecule has 1 aromatic carbocycles. The number of aliphatic hydroxyl groups is 1. The van der Waals surface area contributed by atoms with Crippen molar-refractivity contribution >= 4 is 11.0 Å². The molecule has 2 rings (SSSR count). The zero-order valence-corrected chi connectivity index (χ0v) is 9.79. The number of furan rings is 1. The highest BCUT2D eigenvalue weighted by atomic mass is 19.4. The SMILES string of the molecule is Cc1ccc2oc(C(O)CCC(F)(F)F)cc2c1. The molecule has 1 aromatic heterocycles. The zero-order valence-electron chi connectivity index (χ0n) is 9.79. The Labute approximate surface area is 102 Å². The van der Waals surface area contributed by atoms with Gasteiger partial charge in [-0.2, -0.15) is 13.2 Å². The molecule has 1 N–H and O–H groups in total. The average Bonchev–Trinajstić information content (AvgIpc) is 2.67. The molecule has 0 radical (unpaired) electrons. The summed E-state index contributed by atoms with van der Waals surface area (Å²) in [4.78, 5) is 0. The fourth-order valence-corrected chi connectivity index (χ4v) is 1.79. The van der Waals surface area contributed by atoms with Gasteiger partial charge in [0.2, 0.25) is 0 Å². The molecule has 1 unspecified atom stereocenters. The normalized spacial score (nSPS) is 14.1. The largest absolute Gasteiger partial charge is 0.458 e. The van der Waals surface area contributed by atoms with E-state index in [9.17, 15) is 18.3 Å². The van der Waals surface area contributed by atoms with Crippen LogP contribution in [0.2, 0.25) is 0 Å². The molecule has 0 bridgehead atoms. The first-order chi connectivity index (χ1) is 8.35.